The van der Waals surface area contributed by atoms with Crippen molar-refractivity contribution in [1.29, 1.82) is 0 Å². The standard InChI is InChI=1S/C20H37NO6/c1-14(2)17(23)26-12-15(22)11-25-16-9-18(3,4)21(19(5,6)10-16)27-13-20(7,8)24/h15-16,22,24H,1,9-13H2,2-8H3. The molecule has 1 aliphatic rings. The molecular formula is C20H37NO6. The van der Waals surface area contributed by atoms with Crippen molar-refractivity contribution in [2.75, 3.05) is 19.8 Å². The van der Waals surface area contributed by atoms with Gasteiger partial charge in [-0.05, 0) is 61.3 Å². The average molecular weight is 388 g/mol. The van der Waals surface area contributed by atoms with Crippen molar-refractivity contribution in [3.63, 3.8) is 0 Å². The summed E-state index contributed by atoms with van der Waals surface area (Å²) in [5.74, 6) is -0.520. The Labute approximate surface area is 163 Å². The molecular weight excluding hydrogens is 350 g/mol. The molecule has 0 spiro atoms. The van der Waals surface area contributed by atoms with Crippen LogP contribution in [0.15, 0.2) is 12.2 Å². The van der Waals surface area contributed by atoms with E-state index in [0.29, 0.717) is 18.4 Å². The van der Waals surface area contributed by atoms with Gasteiger partial charge in [-0.1, -0.05) is 6.58 Å². The van der Waals surface area contributed by atoms with Gasteiger partial charge in [0.25, 0.3) is 0 Å². The predicted octanol–water partition coefficient (Wildman–Crippen LogP) is 2.21. The van der Waals surface area contributed by atoms with Gasteiger partial charge >= 0.3 is 5.97 Å². The first-order chi connectivity index (χ1) is 12.1. The second-order valence-corrected chi connectivity index (χ2v) is 9.40. The third-order valence-corrected chi connectivity index (χ3v) is 4.38. The number of hydroxylamine groups is 2. The molecule has 0 radical (unpaired) electrons. The minimum atomic E-state index is -0.912. The molecule has 1 unspecified atom stereocenters. The third-order valence-electron chi connectivity index (χ3n) is 4.38. The van der Waals surface area contributed by atoms with Crippen LogP contribution in [-0.4, -0.2) is 70.0 Å². The molecule has 1 saturated heterocycles. The number of aliphatic hydroxyl groups is 2. The number of ether oxygens (including phenoxy) is 2. The van der Waals surface area contributed by atoms with Crippen LogP contribution < -0.4 is 0 Å². The minimum absolute atomic E-state index is 0.0662. The number of piperidine rings is 1. The topological polar surface area (TPSA) is 88.5 Å². The van der Waals surface area contributed by atoms with Crippen molar-refractivity contribution in [1.82, 2.24) is 5.06 Å². The van der Waals surface area contributed by atoms with E-state index in [0.717, 1.165) is 0 Å². The molecule has 7 heteroatoms. The smallest absolute Gasteiger partial charge is 0.333 e. The van der Waals surface area contributed by atoms with Crippen molar-refractivity contribution in [3.8, 4) is 0 Å². The molecule has 0 aromatic rings. The Morgan fingerprint density at radius 3 is 2.19 bits per heavy atom. The zero-order valence-corrected chi connectivity index (χ0v) is 17.9. The van der Waals surface area contributed by atoms with E-state index in [9.17, 15) is 15.0 Å². The molecule has 1 rings (SSSR count). The Bertz CT molecular complexity index is 505. The molecule has 1 atom stereocenters. The Kier molecular flexibility index (Phi) is 8.02. The Hall–Kier alpha value is -0.990. The van der Waals surface area contributed by atoms with Crippen molar-refractivity contribution in [3.05, 3.63) is 12.2 Å². The Morgan fingerprint density at radius 1 is 1.22 bits per heavy atom. The van der Waals surface area contributed by atoms with Gasteiger partial charge in [0.1, 0.15) is 12.7 Å². The first kappa shape index (κ1) is 24.0. The SMILES string of the molecule is C=C(C)C(=O)OCC(O)COC1CC(C)(C)N(OCC(C)(C)O)C(C)(C)C1. The zero-order chi connectivity index (χ0) is 21.0. The van der Waals surface area contributed by atoms with Crippen molar-refractivity contribution in [2.45, 2.75) is 90.2 Å². The maximum absolute atomic E-state index is 11.4. The lowest BCUT2D eigenvalue weighted by Crippen LogP contribution is -2.62. The quantitative estimate of drug-likeness (QED) is 0.463. The summed E-state index contributed by atoms with van der Waals surface area (Å²) in [6.45, 7) is 16.9. The average Bonchev–Trinajstić information content (AvgIpc) is 2.46. The van der Waals surface area contributed by atoms with Gasteiger partial charge in [-0.2, -0.15) is 5.06 Å². The van der Waals surface area contributed by atoms with E-state index in [1.165, 1.54) is 0 Å². The molecule has 0 amide bonds. The number of esters is 1. The molecule has 158 valence electrons. The number of carbonyl (C=O) groups is 1. The van der Waals surface area contributed by atoms with E-state index in [1.807, 2.05) is 5.06 Å². The van der Waals surface area contributed by atoms with Gasteiger partial charge in [-0.3, -0.25) is 4.84 Å². The summed E-state index contributed by atoms with van der Waals surface area (Å²) < 4.78 is 10.9. The van der Waals surface area contributed by atoms with Crippen LogP contribution in [-0.2, 0) is 19.1 Å². The highest BCUT2D eigenvalue weighted by Gasteiger charge is 2.47. The van der Waals surface area contributed by atoms with Crippen LogP contribution >= 0.6 is 0 Å². The summed E-state index contributed by atoms with van der Waals surface area (Å²) in [6.07, 6.45) is 0.466. The molecule has 0 saturated carbocycles. The van der Waals surface area contributed by atoms with Crippen molar-refractivity contribution in [2.24, 2.45) is 0 Å². The summed E-state index contributed by atoms with van der Waals surface area (Å²) in [5, 5.41) is 21.9. The largest absolute Gasteiger partial charge is 0.460 e. The van der Waals surface area contributed by atoms with Crippen LogP contribution in [0.3, 0.4) is 0 Å². The van der Waals surface area contributed by atoms with Crippen LogP contribution in [0.5, 0.6) is 0 Å². The third kappa shape index (κ3) is 7.87. The lowest BCUT2D eigenvalue weighted by atomic mass is 9.80. The second-order valence-electron chi connectivity index (χ2n) is 9.40. The van der Waals surface area contributed by atoms with E-state index < -0.39 is 17.7 Å². The van der Waals surface area contributed by atoms with Gasteiger partial charge in [0.2, 0.25) is 0 Å². The summed E-state index contributed by atoms with van der Waals surface area (Å²) in [7, 11) is 0. The first-order valence-electron chi connectivity index (χ1n) is 9.42. The fraction of sp³-hybridized carbons (Fsp3) is 0.850. The Morgan fingerprint density at radius 2 is 1.74 bits per heavy atom. The molecule has 1 fully saturated rings. The maximum atomic E-state index is 11.4. The van der Waals surface area contributed by atoms with Crippen LogP contribution in [0.1, 0.15) is 61.3 Å². The normalized spacial score (nSPS) is 21.7. The molecule has 0 aliphatic carbocycles. The van der Waals surface area contributed by atoms with Crippen LogP contribution in [0.2, 0.25) is 0 Å². The van der Waals surface area contributed by atoms with E-state index in [1.54, 1.807) is 20.8 Å². The van der Waals surface area contributed by atoms with Gasteiger partial charge in [0.15, 0.2) is 0 Å². The maximum Gasteiger partial charge on any atom is 0.333 e. The number of carbonyl (C=O) groups excluding carboxylic acids is 1. The number of nitrogens with zero attached hydrogens (tertiary/aromatic N) is 1. The van der Waals surface area contributed by atoms with Gasteiger partial charge < -0.3 is 19.7 Å². The minimum Gasteiger partial charge on any atom is -0.460 e. The van der Waals surface area contributed by atoms with E-state index in [4.69, 9.17) is 14.3 Å². The number of hydrogen-bond donors (Lipinski definition) is 2. The van der Waals surface area contributed by atoms with Crippen LogP contribution in [0.25, 0.3) is 0 Å². The van der Waals surface area contributed by atoms with Gasteiger partial charge in [0.05, 0.1) is 24.9 Å². The zero-order valence-electron chi connectivity index (χ0n) is 17.9. The van der Waals surface area contributed by atoms with E-state index in [2.05, 4.69) is 34.3 Å². The first-order valence-corrected chi connectivity index (χ1v) is 9.42. The summed E-state index contributed by atoms with van der Waals surface area (Å²) >= 11 is 0. The van der Waals surface area contributed by atoms with E-state index in [-0.39, 0.29) is 37.0 Å². The lowest BCUT2D eigenvalue weighted by molar-refractivity contribution is -0.309. The van der Waals surface area contributed by atoms with Crippen LogP contribution in [0.4, 0.5) is 0 Å². The molecule has 7 nitrogen and oxygen atoms in total. The molecule has 0 aromatic carbocycles. The molecule has 1 heterocycles. The Balaban J connectivity index is 2.59. The number of rotatable bonds is 9. The van der Waals surface area contributed by atoms with Crippen molar-refractivity contribution < 1.29 is 29.3 Å². The summed E-state index contributed by atoms with van der Waals surface area (Å²) in [5.41, 5.74) is -1.24. The van der Waals surface area contributed by atoms with Crippen molar-refractivity contribution >= 4 is 5.97 Å². The van der Waals surface area contributed by atoms with Gasteiger partial charge in [-0.15, -0.1) is 0 Å². The highest BCUT2D eigenvalue weighted by molar-refractivity contribution is 5.86. The molecule has 1 aliphatic heterocycles. The fourth-order valence-corrected chi connectivity index (χ4v) is 3.45. The second kappa shape index (κ2) is 9.01. The van der Waals surface area contributed by atoms with Gasteiger partial charge in [-0.25, -0.2) is 4.79 Å². The highest BCUT2D eigenvalue weighted by Crippen LogP contribution is 2.40. The number of hydrogen-bond acceptors (Lipinski definition) is 7. The molecule has 0 bridgehead atoms. The fourth-order valence-electron chi connectivity index (χ4n) is 3.45. The summed E-state index contributed by atoms with van der Waals surface area (Å²) in [4.78, 5) is 17.3. The molecule has 2 N–H and O–H groups in total. The van der Waals surface area contributed by atoms with Gasteiger partial charge in [0, 0.05) is 16.7 Å². The summed E-state index contributed by atoms with van der Waals surface area (Å²) in [6, 6.07) is 0. The molecule has 27 heavy (non-hydrogen) atoms. The highest BCUT2D eigenvalue weighted by atomic mass is 16.7. The molecule has 0 aromatic heterocycles. The van der Waals surface area contributed by atoms with Crippen LogP contribution in [0, 0.1) is 0 Å². The monoisotopic (exact) mass is 387 g/mol. The number of aliphatic hydroxyl groups excluding tert-OH is 1. The van der Waals surface area contributed by atoms with E-state index >= 15 is 0 Å². The predicted molar refractivity (Wildman–Crippen MR) is 103 cm³/mol. The lowest BCUT2D eigenvalue weighted by Gasteiger charge is -2.54.